The van der Waals surface area contributed by atoms with Gasteiger partial charge in [0.15, 0.2) is 0 Å². The molecular formula is C28H31ClIN3O4S. The number of carbonyl (C=O) groups is 2. The van der Waals surface area contributed by atoms with Crippen LogP contribution in [0.5, 0.6) is 0 Å². The van der Waals surface area contributed by atoms with E-state index in [0.717, 1.165) is 19.9 Å². The lowest BCUT2D eigenvalue weighted by Gasteiger charge is -2.32. The Kier molecular flexibility index (Phi) is 10.6. The summed E-state index contributed by atoms with van der Waals surface area (Å²) in [5.41, 5.74) is 1.11. The lowest BCUT2D eigenvalue weighted by molar-refractivity contribution is -0.139. The van der Waals surface area contributed by atoms with Gasteiger partial charge in [0.25, 0.3) is 10.0 Å². The lowest BCUT2D eigenvalue weighted by Crippen LogP contribution is -2.52. The molecule has 0 aromatic heterocycles. The van der Waals surface area contributed by atoms with Crippen LogP contribution in [-0.2, 0) is 26.2 Å². The molecule has 0 saturated heterocycles. The molecule has 0 aliphatic carbocycles. The Balaban J connectivity index is 2.00. The van der Waals surface area contributed by atoms with Gasteiger partial charge in [-0.1, -0.05) is 48.9 Å². The van der Waals surface area contributed by atoms with Crippen LogP contribution in [0, 0.1) is 3.57 Å². The molecule has 3 aromatic rings. The fraction of sp³-hybridized carbons (Fsp3) is 0.286. The highest BCUT2D eigenvalue weighted by atomic mass is 127. The molecule has 0 unspecified atom stereocenters. The van der Waals surface area contributed by atoms with Crippen LogP contribution in [0.3, 0.4) is 0 Å². The van der Waals surface area contributed by atoms with E-state index < -0.39 is 28.5 Å². The van der Waals surface area contributed by atoms with Crippen LogP contribution < -0.4 is 9.62 Å². The summed E-state index contributed by atoms with van der Waals surface area (Å²) in [6.45, 7) is 5.12. The van der Waals surface area contributed by atoms with Gasteiger partial charge in [0.2, 0.25) is 11.8 Å². The van der Waals surface area contributed by atoms with E-state index in [4.69, 9.17) is 11.6 Å². The molecule has 0 radical (unpaired) electrons. The largest absolute Gasteiger partial charge is 0.352 e. The van der Waals surface area contributed by atoms with Crippen molar-refractivity contribution < 1.29 is 18.0 Å². The van der Waals surface area contributed by atoms with Crippen LogP contribution >= 0.6 is 34.2 Å². The minimum absolute atomic E-state index is 0.0677. The molecule has 0 heterocycles. The first-order chi connectivity index (χ1) is 18.0. The third kappa shape index (κ3) is 7.70. The smallest absolute Gasteiger partial charge is 0.264 e. The van der Waals surface area contributed by atoms with Crippen LogP contribution in [0.25, 0.3) is 0 Å². The second kappa shape index (κ2) is 13.4. The van der Waals surface area contributed by atoms with Crippen molar-refractivity contribution in [2.45, 2.75) is 50.7 Å². The molecule has 1 N–H and O–H groups in total. The molecule has 0 saturated carbocycles. The van der Waals surface area contributed by atoms with E-state index in [1.54, 1.807) is 73.7 Å². The van der Waals surface area contributed by atoms with Crippen LogP contribution in [0.15, 0.2) is 83.8 Å². The highest BCUT2D eigenvalue weighted by Crippen LogP contribution is 2.25. The van der Waals surface area contributed by atoms with E-state index in [0.29, 0.717) is 10.7 Å². The van der Waals surface area contributed by atoms with Crippen molar-refractivity contribution in [2.75, 3.05) is 10.8 Å². The van der Waals surface area contributed by atoms with E-state index in [1.807, 2.05) is 13.8 Å². The molecule has 3 rings (SSSR count). The number of sulfonamides is 1. The molecule has 2 atom stereocenters. The SMILES string of the molecule is CC[C@@H](C)NC(=O)[C@@H](C)N(Cc1ccc(Cl)cc1)C(=O)CN(c1ccc(I)cc1)S(=O)(=O)c1ccccc1. The van der Waals surface area contributed by atoms with Crippen molar-refractivity contribution in [3.05, 3.63) is 93.0 Å². The maximum atomic E-state index is 13.9. The summed E-state index contributed by atoms with van der Waals surface area (Å²) < 4.78 is 29.5. The van der Waals surface area contributed by atoms with Crippen molar-refractivity contribution in [1.82, 2.24) is 10.2 Å². The lowest BCUT2D eigenvalue weighted by atomic mass is 10.1. The molecular weight excluding hydrogens is 637 g/mol. The monoisotopic (exact) mass is 667 g/mol. The summed E-state index contributed by atoms with van der Waals surface area (Å²) in [5, 5.41) is 3.47. The zero-order chi connectivity index (χ0) is 27.9. The summed E-state index contributed by atoms with van der Waals surface area (Å²) in [6.07, 6.45) is 0.736. The maximum absolute atomic E-state index is 13.9. The average molecular weight is 668 g/mol. The minimum Gasteiger partial charge on any atom is -0.352 e. The van der Waals surface area contributed by atoms with Crippen LogP contribution in [-0.4, -0.2) is 43.8 Å². The first-order valence-electron chi connectivity index (χ1n) is 12.2. The van der Waals surface area contributed by atoms with Gasteiger partial charge in [-0.3, -0.25) is 13.9 Å². The van der Waals surface area contributed by atoms with Crippen molar-refractivity contribution in [3.63, 3.8) is 0 Å². The summed E-state index contributed by atoms with van der Waals surface area (Å²) >= 11 is 8.17. The van der Waals surface area contributed by atoms with Gasteiger partial charge in [-0.25, -0.2) is 8.42 Å². The number of benzene rings is 3. The quantitative estimate of drug-likeness (QED) is 0.275. The van der Waals surface area contributed by atoms with Crippen molar-refractivity contribution in [1.29, 1.82) is 0 Å². The predicted molar refractivity (Wildman–Crippen MR) is 159 cm³/mol. The van der Waals surface area contributed by atoms with E-state index in [-0.39, 0.29) is 23.4 Å². The van der Waals surface area contributed by atoms with Crippen molar-refractivity contribution >= 4 is 61.7 Å². The molecule has 202 valence electrons. The van der Waals surface area contributed by atoms with Gasteiger partial charge < -0.3 is 10.2 Å². The Morgan fingerprint density at radius 1 is 0.947 bits per heavy atom. The average Bonchev–Trinajstić information content (AvgIpc) is 2.91. The van der Waals surface area contributed by atoms with Gasteiger partial charge in [0, 0.05) is 21.2 Å². The number of anilines is 1. The third-order valence-corrected chi connectivity index (χ3v) is 8.92. The summed E-state index contributed by atoms with van der Waals surface area (Å²) in [4.78, 5) is 28.4. The number of rotatable bonds is 11. The first kappa shape index (κ1) is 29.9. The summed E-state index contributed by atoms with van der Waals surface area (Å²) in [6, 6.07) is 20.9. The number of amides is 2. The molecule has 0 aliphatic heterocycles. The Morgan fingerprint density at radius 3 is 2.13 bits per heavy atom. The van der Waals surface area contributed by atoms with Gasteiger partial charge >= 0.3 is 0 Å². The van der Waals surface area contributed by atoms with E-state index in [9.17, 15) is 18.0 Å². The van der Waals surface area contributed by atoms with Gasteiger partial charge in [0.1, 0.15) is 12.6 Å². The molecule has 0 aliphatic rings. The van der Waals surface area contributed by atoms with Gasteiger partial charge in [0.05, 0.1) is 10.6 Å². The summed E-state index contributed by atoms with van der Waals surface area (Å²) in [5.74, 6) is -0.821. The predicted octanol–water partition coefficient (Wildman–Crippen LogP) is 5.47. The Morgan fingerprint density at radius 2 is 1.55 bits per heavy atom. The second-order valence-electron chi connectivity index (χ2n) is 8.94. The maximum Gasteiger partial charge on any atom is 0.264 e. The number of nitrogens with zero attached hydrogens (tertiary/aromatic N) is 2. The molecule has 0 bridgehead atoms. The van der Waals surface area contributed by atoms with Gasteiger partial charge in [-0.15, -0.1) is 0 Å². The highest BCUT2D eigenvalue weighted by Gasteiger charge is 2.32. The van der Waals surface area contributed by atoms with Crippen LogP contribution in [0.4, 0.5) is 5.69 Å². The Bertz CT molecular complexity index is 1340. The molecule has 7 nitrogen and oxygen atoms in total. The van der Waals surface area contributed by atoms with Gasteiger partial charge in [-0.2, -0.15) is 0 Å². The number of nitrogens with one attached hydrogen (secondary N) is 1. The molecule has 0 spiro atoms. The highest BCUT2D eigenvalue weighted by molar-refractivity contribution is 14.1. The zero-order valence-electron chi connectivity index (χ0n) is 21.5. The minimum atomic E-state index is -4.08. The Hall–Kier alpha value is -2.63. The fourth-order valence-corrected chi connectivity index (χ4v) is 5.61. The number of hydrogen-bond donors (Lipinski definition) is 1. The molecule has 2 amide bonds. The number of halogens is 2. The van der Waals surface area contributed by atoms with Crippen LogP contribution in [0.2, 0.25) is 5.02 Å². The third-order valence-electron chi connectivity index (χ3n) is 6.16. The Labute approximate surface area is 243 Å². The standard InChI is InChI=1S/C28H31ClIN3O4S/c1-4-20(2)31-28(35)21(3)32(18-22-10-12-23(29)13-11-22)27(34)19-33(25-16-14-24(30)15-17-25)38(36,37)26-8-6-5-7-9-26/h5-17,20-21H,4,18-19H2,1-3H3,(H,31,35)/t20-,21-/m1/s1. The number of hydrogen-bond acceptors (Lipinski definition) is 4. The summed E-state index contributed by atoms with van der Waals surface area (Å²) in [7, 11) is -4.08. The van der Waals surface area contributed by atoms with E-state index >= 15 is 0 Å². The second-order valence-corrected chi connectivity index (χ2v) is 12.5. The van der Waals surface area contributed by atoms with Gasteiger partial charge in [-0.05, 0) is 97.0 Å². The van der Waals surface area contributed by atoms with E-state index in [2.05, 4.69) is 27.9 Å². The van der Waals surface area contributed by atoms with Crippen molar-refractivity contribution in [2.24, 2.45) is 0 Å². The van der Waals surface area contributed by atoms with Crippen molar-refractivity contribution in [3.8, 4) is 0 Å². The zero-order valence-corrected chi connectivity index (χ0v) is 25.2. The number of carbonyl (C=O) groups excluding carboxylic acids is 2. The van der Waals surface area contributed by atoms with Crippen LogP contribution in [0.1, 0.15) is 32.8 Å². The molecule has 38 heavy (non-hydrogen) atoms. The molecule has 3 aromatic carbocycles. The van der Waals surface area contributed by atoms with E-state index in [1.165, 1.54) is 17.0 Å². The fourth-order valence-electron chi connectivity index (χ4n) is 3.69. The normalized spacial score (nSPS) is 12.9. The topological polar surface area (TPSA) is 86.8 Å². The molecule has 0 fully saturated rings. The first-order valence-corrected chi connectivity index (χ1v) is 15.1. The molecule has 10 heteroatoms.